The van der Waals surface area contributed by atoms with Gasteiger partial charge in [-0.3, -0.25) is 0 Å². The number of rotatable bonds is 12. The first-order valence-corrected chi connectivity index (χ1v) is 18.0. The Bertz CT molecular complexity index is 425. The van der Waals surface area contributed by atoms with Gasteiger partial charge in [0, 0.05) is 0 Å². The molecule has 0 nitrogen and oxygen atoms in total. The molecular weight excluding hydrogens is 383 g/mol. The molecule has 0 spiro atoms. The van der Waals surface area contributed by atoms with Gasteiger partial charge in [0.25, 0.3) is 0 Å². The standard InChI is InChI=1S/C10H11.3C4H9.Sn/c1-3-6-10-8-5-4-7-9(10)2;3*1-3-4-2;/h3-8H,2H2,1H3;3*1,3-4H2,2H3;/b6-3+;;;;. The van der Waals surface area contributed by atoms with Crippen molar-refractivity contribution in [3.8, 4) is 0 Å². The van der Waals surface area contributed by atoms with E-state index in [-0.39, 0.29) is 0 Å². The van der Waals surface area contributed by atoms with Crippen molar-refractivity contribution in [2.24, 2.45) is 0 Å². The van der Waals surface area contributed by atoms with Crippen LogP contribution in [0.5, 0.6) is 0 Å². The van der Waals surface area contributed by atoms with E-state index in [0.717, 1.165) is 0 Å². The van der Waals surface area contributed by atoms with E-state index < -0.39 is 18.4 Å². The van der Waals surface area contributed by atoms with E-state index in [2.05, 4.69) is 64.1 Å². The van der Waals surface area contributed by atoms with Crippen LogP contribution in [0.2, 0.25) is 13.3 Å². The topological polar surface area (TPSA) is 0 Å². The molecule has 0 radical (unpaired) electrons. The van der Waals surface area contributed by atoms with E-state index in [1.54, 1.807) is 18.9 Å². The Morgan fingerprint density at radius 2 is 1.35 bits per heavy atom. The van der Waals surface area contributed by atoms with Crippen molar-refractivity contribution in [2.75, 3.05) is 0 Å². The molecule has 0 aromatic heterocycles. The van der Waals surface area contributed by atoms with Gasteiger partial charge in [-0.15, -0.1) is 0 Å². The molecule has 0 aliphatic rings. The maximum atomic E-state index is 2.41. The van der Waals surface area contributed by atoms with Crippen LogP contribution in [0.1, 0.15) is 77.3 Å². The molecule has 23 heavy (non-hydrogen) atoms. The van der Waals surface area contributed by atoms with Crippen LogP contribution in [0.4, 0.5) is 0 Å². The summed E-state index contributed by atoms with van der Waals surface area (Å²) in [6, 6.07) is 9.16. The molecule has 1 heteroatoms. The summed E-state index contributed by atoms with van der Waals surface area (Å²) in [4.78, 5) is 0. The van der Waals surface area contributed by atoms with Gasteiger partial charge < -0.3 is 0 Å². The SMILES string of the molecule is C/C=C/c1ccccc1[CH2][Sn]([CH2]CCC)([CH2]CCC)[CH2]CCC. The van der Waals surface area contributed by atoms with Crippen molar-refractivity contribution in [3.63, 3.8) is 0 Å². The van der Waals surface area contributed by atoms with Crippen molar-refractivity contribution in [1.29, 1.82) is 0 Å². The molecule has 0 saturated heterocycles. The predicted molar refractivity (Wildman–Crippen MR) is 110 cm³/mol. The summed E-state index contributed by atoms with van der Waals surface area (Å²) >= 11 is -2.07. The summed E-state index contributed by atoms with van der Waals surface area (Å²) < 4.78 is 6.29. The molecule has 0 aliphatic carbocycles. The average Bonchev–Trinajstić information content (AvgIpc) is 2.58. The third kappa shape index (κ3) is 7.45. The summed E-state index contributed by atoms with van der Waals surface area (Å²) in [5.74, 6) is 0. The van der Waals surface area contributed by atoms with Gasteiger partial charge in [0.15, 0.2) is 0 Å². The molecule has 0 aliphatic heterocycles. The summed E-state index contributed by atoms with van der Waals surface area (Å²) in [7, 11) is 0. The Morgan fingerprint density at radius 3 is 1.83 bits per heavy atom. The van der Waals surface area contributed by atoms with Gasteiger partial charge in [0.05, 0.1) is 0 Å². The summed E-state index contributed by atoms with van der Waals surface area (Å²) in [5.41, 5.74) is 3.12. The van der Waals surface area contributed by atoms with Gasteiger partial charge in [0.2, 0.25) is 0 Å². The van der Waals surface area contributed by atoms with Crippen LogP contribution in [0, 0.1) is 0 Å². The fourth-order valence-electron chi connectivity index (χ4n) is 3.74. The minimum atomic E-state index is -2.07. The number of hydrogen-bond donors (Lipinski definition) is 0. The van der Waals surface area contributed by atoms with Crippen molar-refractivity contribution in [2.45, 2.75) is 84.0 Å². The fraction of sp³-hybridized carbons (Fsp3) is 0.636. The zero-order chi connectivity index (χ0) is 17.0. The van der Waals surface area contributed by atoms with Gasteiger partial charge in [-0.05, 0) is 0 Å². The van der Waals surface area contributed by atoms with Crippen LogP contribution < -0.4 is 0 Å². The van der Waals surface area contributed by atoms with E-state index >= 15 is 0 Å². The molecule has 0 unspecified atom stereocenters. The number of benzene rings is 1. The number of unbranched alkanes of at least 4 members (excludes halogenated alkanes) is 3. The van der Waals surface area contributed by atoms with Gasteiger partial charge in [0.1, 0.15) is 0 Å². The molecule has 0 atom stereocenters. The molecule has 0 amide bonds. The number of allylic oxidation sites excluding steroid dienone is 1. The molecule has 0 fully saturated rings. The van der Waals surface area contributed by atoms with E-state index in [4.69, 9.17) is 0 Å². The summed E-state index contributed by atoms with van der Waals surface area (Å²) in [5, 5.41) is 0. The van der Waals surface area contributed by atoms with Crippen LogP contribution >= 0.6 is 0 Å². The van der Waals surface area contributed by atoms with Crippen molar-refractivity contribution in [1.82, 2.24) is 0 Å². The molecule has 0 saturated carbocycles. The maximum absolute atomic E-state index is 2.41. The molecular formula is C22H38Sn. The molecule has 0 heterocycles. The van der Waals surface area contributed by atoms with Crippen molar-refractivity contribution in [3.05, 3.63) is 41.5 Å². The van der Waals surface area contributed by atoms with Gasteiger partial charge in [-0.25, -0.2) is 0 Å². The second-order valence-electron chi connectivity index (χ2n) is 7.19. The monoisotopic (exact) mass is 422 g/mol. The first-order chi connectivity index (χ1) is 11.2. The van der Waals surface area contributed by atoms with Gasteiger partial charge in [-0.2, -0.15) is 0 Å². The number of hydrogen-bond acceptors (Lipinski definition) is 0. The van der Waals surface area contributed by atoms with Crippen molar-refractivity contribution < 1.29 is 0 Å². The van der Waals surface area contributed by atoms with Crippen LogP contribution in [-0.4, -0.2) is 18.4 Å². The predicted octanol–water partition coefficient (Wildman–Crippen LogP) is 7.65. The van der Waals surface area contributed by atoms with E-state index in [1.165, 1.54) is 48.5 Å². The molecule has 0 bridgehead atoms. The Morgan fingerprint density at radius 1 is 0.826 bits per heavy atom. The Kier molecular flexibility index (Phi) is 11.0. The molecule has 1 aromatic carbocycles. The Labute approximate surface area is 149 Å². The minimum absolute atomic E-state index is 1.37. The first kappa shape index (κ1) is 20.8. The first-order valence-electron chi connectivity index (χ1n) is 9.92. The van der Waals surface area contributed by atoms with E-state index in [9.17, 15) is 0 Å². The van der Waals surface area contributed by atoms with E-state index in [1.807, 2.05) is 0 Å². The quantitative estimate of drug-likeness (QED) is 0.304. The van der Waals surface area contributed by atoms with Crippen molar-refractivity contribution >= 4 is 24.5 Å². The third-order valence-corrected chi connectivity index (χ3v) is 20.5. The normalized spacial score (nSPS) is 12.2. The van der Waals surface area contributed by atoms with Crippen LogP contribution in [0.25, 0.3) is 6.08 Å². The zero-order valence-electron chi connectivity index (χ0n) is 16.0. The van der Waals surface area contributed by atoms with Gasteiger partial charge >= 0.3 is 150 Å². The van der Waals surface area contributed by atoms with Crippen LogP contribution in [0.15, 0.2) is 30.3 Å². The third-order valence-electron chi connectivity index (χ3n) is 5.15. The second-order valence-corrected chi connectivity index (χ2v) is 21.0. The van der Waals surface area contributed by atoms with Crippen LogP contribution in [-0.2, 0) is 4.44 Å². The molecule has 1 aromatic rings. The van der Waals surface area contributed by atoms with Crippen LogP contribution in [0.3, 0.4) is 0 Å². The zero-order valence-corrected chi connectivity index (χ0v) is 18.9. The Hall–Kier alpha value is -0.241. The molecule has 130 valence electrons. The fourth-order valence-corrected chi connectivity index (χ4v) is 20.1. The molecule has 1 rings (SSSR count). The molecule has 0 N–H and O–H groups in total. The summed E-state index contributed by atoms with van der Waals surface area (Å²) in [6.07, 6.45) is 13.0. The average molecular weight is 421 g/mol. The Balaban J connectivity index is 3.05. The second kappa shape index (κ2) is 12.2. The summed E-state index contributed by atoms with van der Waals surface area (Å²) in [6.45, 7) is 9.23. The van der Waals surface area contributed by atoms with Gasteiger partial charge in [-0.1, -0.05) is 0 Å². The van der Waals surface area contributed by atoms with E-state index in [0.29, 0.717) is 0 Å².